The predicted molar refractivity (Wildman–Crippen MR) is 110 cm³/mol. The third-order valence-electron chi connectivity index (χ3n) is 4.57. The second-order valence-corrected chi connectivity index (χ2v) is 6.57. The Balaban J connectivity index is 1.50. The molecule has 0 aromatic heterocycles. The van der Waals surface area contributed by atoms with Crippen molar-refractivity contribution in [1.82, 2.24) is 10.6 Å². The Morgan fingerprint density at radius 1 is 0.786 bits per heavy atom. The van der Waals surface area contributed by atoms with Crippen LogP contribution in [-0.4, -0.2) is 25.5 Å². The number of hydrogen-bond donors (Lipinski definition) is 2. The molecule has 28 heavy (non-hydrogen) atoms. The van der Waals surface area contributed by atoms with Gasteiger partial charge in [-0.3, -0.25) is 9.59 Å². The van der Waals surface area contributed by atoms with E-state index in [9.17, 15) is 9.59 Å². The number of nitrogens with one attached hydrogen (secondary N) is 2. The van der Waals surface area contributed by atoms with Crippen molar-refractivity contribution >= 4 is 22.6 Å². The third kappa shape index (κ3) is 5.18. The molecule has 0 saturated heterocycles. The quantitative estimate of drug-likeness (QED) is 0.635. The minimum Gasteiger partial charge on any atom is -0.380 e. The van der Waals surface area contributed by atoms with Crippen molar-refractivity contribution < 1.29 is 14.3 Å². The number of fused-ring (bicyclic) bond motifs is 1. The number of methoxy groups -OCH3 is 1. The van der Waals surface area contributed by atoms with E-state index in [4.69, 9.17) is 4.74 Å². The Hall–Kier alpha value is -3.18. The van der Waals surface area contributed by atoms with Crippen LogP contribution in [0.25, 0.3) is 10.8 Å². The summed E-state index contributed by atoms with van der Waals surface area (Å²) >= 11 is 0. The van der Waals surface area contributed by atoms with E-state index >= 15 is 0 Å². The number of carbonyl (C=O) groups is 2. The summed E-state index contributed by atoms with van der Waals surface area (Å²) in [4.78, 5) is 24.4. The second-order valence-electron chi connectivity index (χ2n) is 6.57. The Bertz CT molecular complexity index is 963. The fourth-order valence-electron chi connectivity index (χ4n) is 3.14. The zero-order chi connectivity index (χ0) is 19.8. The van der Waals surface area contributed by atoms with E-state index in [1.807, 2.05) is 66.7 Å². The Morgan fingerprint density at radius 3 is 2.29 bits per heavy atom. The molecule has 0 radical (unpaired) electrons. The van der Waals surface area contributed by atoms with Crippen LogP contribution in [0.4, 0.5) is 0 Å². The average Bonchev–Trinajstić information content (AvgIpc) is 2.72. The van der Waals surface area contributed by atoms with Gasteiger partial charge in [-0.1, -0.05) is 66.7 Å². The number of hydrogen-bond acceptors (Lipinski definition) is 3. The smallest absolute Gasteiger partial charge is 0.239 e. The zero-order valence-electron chi connectivity index (χ0n) is 15.9. The van der Waals surface area contributed by atoms with Gasteiger partial charge in [-0.15, -0.1) is 0 Å². The van der Waals surface area contributed by atoms with Crippen LogP contribution in [0.1, 0.15) is 16.7 Å². The van der Waals surface area contributed by atoms with Crippen LogP contribution < -0.4 is 10.6 Å². The van der Waals surface area contributed by atoms with Gasteiger partial charge in [0.1, 0.15) is 0 Å². The molecule has 2 amide bonds. The largest absolute Gasteiger partial charge is 0.380 e. The highest BCUT2D eigenvalue weighted by molar-refractivity contribution is 5.91. The van der Waals surface area contributed by atoms with Crippen molar-refractivity contribution in [2.75, 3.05) is 13.7 Å². The van der Waals surface area contributed by atoms with Crippen molar-refractivity contribution in [2.45, 2.75) is 19.6 Å². The normalized spacial score (nSPS) is 10.6. The van der Waals surface area contributed by atoms with Gasteiger partial charge in [0.05, 0.1) is 19.6 Å². The lowest BCUT2D eigenvalue weighted by molar-refractivity contribution is -0.125. The van der Waals surface area contributed by atoms with Crippen molar-refractivity contribution in [1.29, 1.82) is 0 Å². The molecule has 0 heterocycles. The van der Waals surface area contributed by atoms with Crippen LogP contribution in [0.3, 0.4) is 0 Å². The molecule has 3 aromatic carbocycles. The number of benzene rings is 3. The van der Waals surface area contributed by atoms with Gasteiger partial charge in [0, 0.05) is 13.7 Å². The maximum Gasteiger partial charge on any atom is 0.239 e. The summed E-state index contributed by atoms with van der Waals surface area (Å²) in [5, 5.41) is 7.69. The van der Waals surface area contributed by atoms with Crippen molar-refractivity contribution in [3.63, 3.8) is 0 Å². The molecule has 3 rings (SSSR count). The molecule has 0 spiro atoms. The molecule has 3 aromatic rings. The predicted octanol–water partition coefficient (Wildman–Crippen LogP) is 2.96. The minimum atomic E-state index is -0.224. The van der Waals surface area contributed by atoms with Gasteiger partial charge >= 0.3 is 0 Å². The maximum absolute atomic E-state index is 12.3. The third-order valence-corrected chi connectivity index (χ3v) is 4.57. The van der Waals surface area contributed by atoms with Crippen LogP contribution >= 0.6 is 0 Å². The molecule has 2 N–H and O–H groups in total. The van der Waals surface area contributed by atoms with E-state index < -0.39 is 0 Å². The molecule has 5 heteroatoms. The molecule has 0 aliphatic carbocycles. The minimum absolute atomic E-state index is 0.0456. The first-order valence-electron chi connectivity index (χ1n) is 9.23. The van der Waals surface area contributed by atoms with Gasteiger partial charge in [-0.2, -0.15) is 0 Å². The standard InChI is InChI=1S/C23H24N2O3/c1-28-16-20-9-3-2-8-19(20)14-24-23(27)15-25-22(26)13-18-11-6-10-17-7-4-5-12-21(17)18/h2-12H,13-16H2,1H3,(H,24,27)(H,25,26). The summed E-state index contributed by atoms with van der Waals surface area (Å²) < 4.78 is 5.17. The van der Waals surface area contributed by atoms with E-state index in [-0.39, 0.29) is 24.8 Å². The van der Waals surface area contributed by atoms with Crippen LogP contribution in [0, 0.1) is 0 Å². The highest BCUT2D eigenvalue weighted by Gasteiger charge is 2.09. The van der Waals surface area contributed by atoms with Crippen LogP contribution in [0.15, 0.2) is 66.7 Å². The van der Waals surface area contributed by atoms with Crippen molar-refractivity contribution in [3.8, 4) is 0 Å². The van der Waals surface area contributed by atoms with Crippen LogP contribution in [-0.2, 0) is 33.9 Å². The highest BCUT2D eigenvalue weighted by Crippen LogP contribution is 2.18. The van der Waals surface area contributed by atoms with E-state index in [1.165, 1.54) is 0 Å². The van der Waals surface area contributed by atoms with E-state index in [0.29, 0.717) is 13.2 Å². The number of ether oxygens (including phenoxy) is 1. The lowest BCUT2D eigenvalue weighted by Gasteiger charge is -2.11. The first-order valence-corrected chi connectivity index (χ1v) is 9.23. The van der Waals surface area contributed by atoms with Crippen molar-refractivity contribution in [2.24, 2.45) is 0 Å². The van der Waals surface area contributed by atoms with Gasteiger partial charge in [0.15, 0.2) is 0 Å². The van der Waals surface area contributed by atoms with Crippen molar-refractivity contribution in [3.05, 3.63) is 83.4 Å². The van der Waals surface area contributed by atoms with Crippen LogP contribution in [0.5, 0.6) is 0 Å². The number of rotatable bonds is 8. The molecular formula is C23H24N2O3. The van der Waals surface area contributed by atoms with Gasteiger partial charge in [0.25, 0.3) is 0 Å². The van der Waals surface area contributed by atoms with E-state index in [2.05, 4.69) is 10.6 Å². The summed E-state index contributed by atoms with van der Waals surface area (Å²) in [6.45, 7) is 0.849. The number of carbonyl (C=O) groups excluding carboxylic acids is 2. The number of amides is 2. The first kappa shape index (κ1) is 19.6. The Labute approximate surface area is 164 Å². The van der Waals surface area contributed by atoms with E-state index in [1.54, 1.807) is 7.11 Å². The molecule has 0 aliphatic heterocycles. The molecule has 0 fully saturated rings. The highest BCUT2D eigenvalue weighted by atomic mass is 16.5. The van der Waals surface area contributed by atoms with Gasteiger partial charge in [0.2, 0.25) is 11.8 Å². The summed E-state index contributed by atoms with van der Waals surface area (Å²) in [6.07, 6.45) is 0.241. The maximum atomic E-state index is 12.3. The molecular weight excluding hydrogens is 352 g/mol. The molecule has 144 valence electrons. The van der Waals surface area contributed by atoms with E-state index in [0.717, 1.165) is 27.5 Å². The topological polar surface area (TPSA) is 67.4 Å². The monoisotopic (exact) mass is 376 g/mol. The molecule has 0 unspecified atom stereocenters. The lowest BCUT2D eigenvalue weighted by Crippen LogP contribution is -2.37. The lowest BCUT2D eigenvalue weighted by atomic mass is 10.0. The van der Waals surface area contributed by atoms with Gasteiger partial charge in [-0.25, -0.2) is 0 Å². The first-order chi connectivity index (χ1) is 13.7. The van der Waals surface area contributed by atoms with Gasteiger partial charge < -0.3 is 15.4 Å². The van der Waals surface area contributed by atoms with Gasteiger partial charge in [-0.05, 0) is 27.5 Å². The Morgan fingerprint density at radius 2 is 1.46 bits per heavy atom. The molecule has 5 nitrogen and oxygen atoms in total. The molecule has 0 saturated carbocycles. The summed E-state index contributed by atoms with van der Waals surface area (Å²) in [7, 11) is 1.64. The molecule has 0 atom stereocenters. The fraction of sp³-hybridized carbons (Fsp3) is 0.217. The zero-order valence-corrected chi connectivity index (χ0v) is 15.9. The summed E-state index contributed by atoms with van der Waals surface area (Å²) in [5.74, 6) is -0.398. The summed E-state index contributed by atoms with van der Waals surface area (Å²) in [6, 6.07) is 21.6. The Kier molecular flexibility index (Phi) is 6.76. The summed E-state index contributed by atoms with van der Waals surface area (Å²) in [5.41, 5.74) is 2.98. The second kappa shape index (κ2) is 9.67. The molecule has 0 aliphatic rings. The fourth-order valence-corrected chi connectivity index (χ4v) is 3.14. The molecule has 0 bridgehead atoms. The SMILES string of the molecule is COCc1ccccc1CNC(=O)CNC(=O)Cc1cccc2ccccc12. The average molecular weight is 376 g/mol. The van der Waals surface area contributed by atoms with Crippen LogP contribution in [0.2, 0.25) is 0 Å².